The lowest BCUT2D eigenvalue weighted by molar-refractivity contribution is 0.0696. The molecule has 0 bridgehead atoms. The summed E-state index contributed by atoms with van der Waals surface area (Å²) in [5.41, 5.74) is 2.57. The second-order valence-corrected chi connectivity index (χ2v) is 7.98. The van der Waals surface area contributed by atoms with E-state index in [2.05, 4.69) is 10.6 Å². The number of carbonyl (C=O) groups excluding carboxylic acids is 3. The quantitative estimate of drug-likeness (QED) is 0.336. The molecule has 0 fully saturated rings. The van der Waals surface area contributed by atoms with Gasteiger partial charge in [-0.05, 0) is 55.5 Å². The van der Waals surface area contributed by atoms with Crippen molar-refractivity contribution in [1.82, 2.24) is 0 Å². The first kappa shape index (κ1) is 23.7. The number of carboxylic acids is 1. The molecule has 0 aliphatic carbocycles. The van der Waals surface area contributed by atoms with Crippen molar-refractivity contribution in [2.24, 2.45) is 0 Å². The monoisotopic (exact) mass is 473 g/mol. The molecule has 3 aromatic carbocycles. The molecule has 35 heavy (non-hydrogen) atoms. The molecular formula is C26H23N3O6. The molecule has 0 saturated carbocycles. The van der Waals surface area contributed by atoms with E-state index in [1.54, 1.807) is 31.4 Å². The van der Waals surface area contributed by atoms with Gasteiger partial charge in [0, 0.05) is 25.0 Å². The molecule has 9 nitrogen and oxygen atoms in total. The third-order valence-corrected chi connectivity index (χ3v) is 5.57. The van der Waals surface area contributed by atoms with Crippen LogP contribution in [0.15, 0.2) is 60.7 Å². The van der Waals surface area contributed by atoms with Gasteiger partial charge in [-0.3, -0.25) is 14.4 Å². The molecule has 3 aromatic rings. The van der Waals surface area contributed by atoms with Crippen LogP contribution in [0, 0.1) is 6.92 Å². The Hall–Kier alpha value is -4.50. The number of carbonyl (C=O) groups is 4. The highest BCUT2D eigenvalue weighted by atomic mass is 16.5. The van der Waals surface area contributed by atoms with Gasteiger partial charge in [0.05, 0.1) is 34.5 Å². The molecule has 4 rings (SSSR count). The number of ether oxygens (including phenoxy) is 1. The van der Waals surface area contributed by atoms with Crippen molar-refractivity contribution in [3.05, 3.63) is 88.5 Å². The number of nitrogens with one attached hydrogen (secondary N) is 2. The number of methoxy groups -OCH3 is 1. The van der Waals surface area contributed by atoms with Crippen LogP contribution in [0.5, 0.6) is 0 Å². The number of hydrogen-bond acceptors (Lipinski definition) is 6. The van der Waals surface area contributed by atoms with Gasteiger partial charge in [-0.1, -0.05) is 17.7 Å². The summed E-state index contributed by atoms with van der Waals surface area (Å²) in [5.74, 6) is -2.88. The van der Waals surface area contributed by atoms with E-state index in [9.17, 15) is 24.3 Å². The first-order valence-electron chi connectivity index (χ1n) is 10.8. The maximum absolute atomic E-state index is 13.2. The van der Waals surface area contributed by atoms with Gasteiger partial charge in [0.15, 0.2) is 0 Å². The Kier molecular flexibility index (Phi) is 6.61. The van der Waals surface area contributed by atoms with Crippen molar-refractivity contribution in [3.8, 4) is 0 Å². The summed E-state index contributed by atoms with van der Waals surface area (Å²) in [7, 11) is 1.56. The Morgan fingerprint density at radius 1 is 0.943 bits per heavy atom. The molecule has 0 saturated heterocycles. The van der Waals surface area contributed by atoms with Gasteiger partial charge < -0.3 is 20.5 Å². The fraction of sp³-hybridized carbons (Fsp3) is 0.154. The Labute approximate surface area is 201 Å². The molecule has 0 atom stereocenters. The van der Waals surface area contributed by atoms with E-state index < -0.39 is 23.7 Å². The molecule has 0 unspecified atom stereocenters. The summed E-state index contributed by atoms with van der Waals surface area (Å²) in [6.07, 6.45) is 0. The predicted molar refractivity (Wildman–Crippen MR) is 130 cm³/mol. The molecule has 3 amide bonds. The van der Waals surface area contributed by atoms with Crippen molar-refractivity contribution in [1.29, 1.82) is 0 Å². The van der Waals surface area contributed by atoms with E-state index in [0.29, 0.717) is 24.5 Å². The molecule has 9 heteroatoms. The number of benzene rings is 3. The van der Waals surface area contributed by atoms with Crippen LogP contribution in [0.3, 0.4) is 0 Å². The zero-order valence-electron chi connectivity index (χ0n) is 19.1. The smallest absolute Gasteiger partial charge is 0.335 e. The molecule has 178 valence electrons. The highest BCUT2D eigenvalue weighted by molar-refractivity contribution is 6.35. The van der Waals surface area contributed by atoms with Crippen molar-refractivity contribution in [3.63, 3.8) is 0 Å². The molecule has 1 heterocycles. The SMILES string of the molecule is COCCNc1ccc(N2C(=O)c3ccc(C(=O)O)cc3C2=O)cc1C(=O)Nc1ccc(C)cc1. The number of nitrogens with zero attached hydrogens (tertiary/aromatic N) is 1. The summed E-state index contributed by atoms with van der Waals surface area (Å²) in [6, 6.07) is 15.7. The number of hydrogen-bond donors (Lipinski definition) is 3. The van der Waals surface area contributed by atoms with Crippen LogP contribution in [0.1, 0.15) is 47.0 Å². The lowest BCUT2D eigenvalue weighted by Crippen LogP contribution is -2.30. The summed E-state index contributed by atoms with van der Waals surface area (Å²) < 4.78 is 5.06. The third kappa shape index (κ3) is 4.75. The zero-order valence-corrected chi connectivity index (χ0v) is 19.1. The normalized spacial score (nSPS) is 12.5. The van der Waals surface area contributed by atoms with Crippen molar-refractivity contribution < 1.29 is 29.0 Å². The average Bonchev–Trinajstić information content (AvgIpc) is 3.10. The van der Waals surface area contributed by atoms with Gasteiger partial charge in [-0.25, -0.2) is 9.69 Å². The van der Waals surface area contributed by atoms with Crippen LogP contribution in [0.4, 0.5) is 17.1 Å². The second kappa shape index (κ2) is 9.78. The molecule has 0 radical (unpaired) electrons. The summed E-state index contributed by atoms with van der Waals surface area (Å²) in [4.78, 5) is 51.5. The summed E-state index contributed by atoms with van der Waals surface area (Å²) in [6.45, 7) is 2.78. The van der Waals surface area contributed by atoms with Crippen LogP contribution < -0.4 is 15.5 Å². The zero-order chi connectivity index (χ0) is 25.1. The lowest BCUT2D eigenvalue weighted by Gasteiger charge is -2.18. The summed E-state index contributed by atoms with van der Waals surface area (Å²) >= 11 is 0. The fourth-order valence-corrected chi connectivity index (χ4v) is 3.74. The third-order valence-electron chi connectivity index (χ3n) is 5.57. The van der Waals surface area contributed by atoms with E-state index in [4.69, 9.17) is 4.74 Å². The topological polar surface area (TPSA) is 125 Å². The van der Waals surface area contributed by atoms with E-state index in [1.807, 2.05) is 19.1 Å². The van der Waals surface area contributed by atoms with Gasteiger partial charge in [0.2, 0.25) is 0 Å². The van der Waals surface area contributed by atoms with Gasteiger partial charge in [-0.2, -0.15) is 0 Å². The largest absolute Gasteiger partial charge is 0.478 e. The van der Waals surface area contributed by atoms with Gasteiger partial charge in [-0.15, -0.1) is 0 Å². The van der Waals surface area contributed by atoms with Gasteiger partial charge in [0.1, 0.15) is 0 Å². The number of fused-ring (bicyclic) bond motifs is 1. The number of imide groups is 1. The molecular weight excluding hydrogens is 450 g/mol. The van der Waals surface area contributed by atoms with Crippen LogP contribution in [0.2, 0.25) is 0 Å². The molecule has 0 spiro atoms. The average molecular weight is 473 g/mol. The van der Waals surface area contributed by atoms with E-state index >= 15 is 0 Å². The van der Waals surface area contributed by atoms with E-state index in [0.717, 1.165) is 10.5 Å². The highest BCUT2D eigenvalue weighted by Gasteiger charge is 2.37. The number of amides is 3. The van der Waals surface area contributed by atoms with Crippen molar-refractivity contribution in [2.75, 3.05) is 35.8 Å². The Balaban J connectivity index is 1.69. The second-order valence-electron chi connectivity index (χ2n) is 7.98. The molecule has 1 aliphatic rings. The Morgan fingerprint density at radius 2 is 1.66 bits per heavy atom. The van der Waals surface area contributed by atoms with Crippen LogP contribution in [0.25, 0.3) is 0 Å². The minimum Gasteiger partial charge on any atom is -0.478 e. The van der Waals surface area contributed by atoms with Crippen LogP contribution >= 0.6 is 0 Å². The van der Waals surface area contributed by atoms with Crippen molar-refractivity contribution in [2.45, 2.75) is 6.92 Å². The lowest BCUT2D eigenvalue weighted by atomic mass is 10.1. The highest BCUT2D eigenvalue weighted by Crippen LogP contribution is 2.32. The Morgan fingerprint density at radius 3 is 2.34 bits per heavy atom. The number of anilines is 3. The van der Waals surface area contributed by atoms with Crippen LogP contribution in [-0.2, 0) is 4.74 Å². The number of aryl methyl sites for hydroxylation is 1. The van der Waals surface area contributed by atoms with E-state index in [-0.39, 0.29) is 27.9 Å². The first-order chi connectivity index (χ1) is 16.8. The molecule has 3 N–H and O–H groups in total. The van der Waals surface area contributed by atoms with Crippen molar-refractivity contribution >= 4 is 40.8 Å². The number of rotatable bonds is 8. The summed E-state index contributed by atoms with van der Waals surface area (Å²) in [5, 5.41) is 15.2. The molecule has 0 aromatic heterocycles. The predicted octanol–water partition coefficient (Wildman–Crippen LogP) is 3.80. The van der Waals surface area contributed by atoms with E-state index in [1.165, 1.54) is 24.3 Å². The molecule has 1 aliphatic heterocycles. The maximum atomic E-state index is 13.2. The van der Waals surface area contributed by atoms with Gasteiger partial charge >= 0.3 is 5.97 Å². The maximum Gasteiger partial charge on any atom is 0.335 e. The number of carboxylic acid groups (broad SMARTS) is 1. The van der Waals surface area contributed by atoms with Crippen LogP contribution in [-0.4, -0.2) is 49.1 Å². The standard InChI is InChI=1S/C26H23N3O6/c1-15-3-6-17(7-4-15)28-23(30)21-14-18(8-10-22(21)27-11-12-35-2)29-24(31)19-9-5-16(26(33)34)13-20(19)25(29)32/h3-10,13-14,27H,11-12H2,1-2H3,(H,28,30)(H,33,34). The Bertz CT molecular complexity index is 1330. The first-order valence-corrected chi connectivity index (χ1v) is 10.8. The van der Waals surface area contributed by atoms with Gasteiger partial charge in [0.25, 0.3) is 17.7 Å². The minimum absolute atomic E-state index is 0.00264. The fourth-order valence-electron chi connectivity index (χ4n) is 3.74. The minimum atomic E-state index is -1.20. The number of aromatic carboxylic acids is 1.